The van der Waals surface area contributed by atoms with Crippen molar-refractivity contribution >= 4 is 7.60 Å². The lowest BCUT2D eigenvalue weighted by Gasteiger charge is -2.01. The zero-order chi connectivity index (χ0) is 7.33. The van der Waals surface area contributed by atoms with Crippen LogP contribution >= 0.6 is 7.60 Å². The van der Waals surface area contributed by atoms with Crippen LogP contribution < -0.4 is 0 Å². The molecule has 0 rings (SSSR count). The van der Waals surface area contributed by atoms with Crippen molar-refractivity contribution in [3.63, 3.8) is 0 Å². The van der Waals surface area contributed by atoms with E-state index in [9.17, 15) is 4.57 Å². The average molecular weight is 152 g/mol. The molecule has 0 unspecified atom stereocenters. The van der Waals surface area contributed by atoms with Crippen LogP contribution in [0, 0.1) is 0 Å². The Balaban J connectivity index is 3.28. The van der Waals surface area contributed by atoms with Gasteiger partial charge in [0.05, 0.1) is 19.0 Å². The van der Waals surface area contributed by atoms with E-state index < -0.39 is 7.60 Å². The van der Waals surface area contributed by atoms with Gasteiger partial charge in [-0.2, -0.15) is 0 Å². The van der Waals surface area contributed by atoms with Crippen LogP contribution in [0.2, 0.25) is 0 Å². The van der Waals surface area contributed by atoms with E-state index >= 15 is 0 Å². The summed E-state index contributed by atoms with van der Waals surface area (Å²) in [6, 6.07) is 0. The molecule has 0 radical (unpaired) electrons. The lowest BCUT2D eigenvalue weighted by atomic mass is 10.8. The van der Waals surface area contributed by atoms with Crippen molar-refractivity contribution in [2.75, 3.05) is 12.8 Å². The third kappa shape index (κ3) is 7.69. The SMILES string of the molecule is C=COCCP(=O)(O)O. The van der Waals surface area contributed by atoms with Gasteiger partial charge in [-0.3, -0.25) is 4.57 Å². The Morgan fingerprint density at radius 2 is 2.22 bits per heavy atom. The summed E-state index contributed by atoms with van der Waals surface area (Å²) in [6.45, 7) is 3.23. The second-order valence-electron chi connectivity index (χ2n) is 1.43. The van der Waals surface area contributed by atoms with Gasteiger partial charge in [-0.1, -0.05) is 6.58 Å². The van der Waals surface area contributed by atoms with Gasteiger partial charge in [0, 0.05) is 0 Å². The van der Waals surface area contributed by atoms with Gasteiger partial charge in [0.25, 0.3) is 0 Å². The second-order valence-corrected chi connectivity index (χ2v) is 3.20. The van der Waals surface area contributed by atoms with E-state index in [1.807, 2.05) is 0 Å². The summed E-state index contributed by atoms with van der Waals surface area (Å²) < 4.78 is 14.6. The zero-order valence-electron chi connectivity index (χ0n) is 4.86. The van der Waals surface area contributed by atoms with Gasteiger partial charge in [-0.05, 0) is 0 Å². The Morgan fingerprint density at radius 1 is 1.67 bits per heavy atom. The van der Waals surface area contributed by atoms with E-state index in [4.69, 9.17) is 9.79 Å². The number of hydrogen-bond donors (Lipinski definition) is 2. The topological polar surface area (TPSA) is 66.8 Å². The lowest BCUT2D eigenvalue weighted by Crippen LogP contribution is -1.95. The van der Waals surface area contributed by atoms with Crippen LogP contribution in [0.4, 0.5) is 0 Å². The molecule has 0 spiro atoms. The maximum absolute atomic E-state index is 10.1. The molecule has 0 fully saturated rings. The van der Waals surface area contributed by atoms with Crippen molar-refractivity contribution in [3.05, 3.63) is 12.8 Å². The molecule has 0 amide bonds. The van der Waals surface area contributed by atoms with E-state index in [1.54, 1.807) is 0 Å². The van der Waals surface area contributed by atoms with Gasteiger partial charge >= 0.3 is 7.60 Å². The molecular formula is C4H9O4P. The first-order chi connectivity index (χ1) is 4.06. The van der Waals surface area contributed by atoms with Gasteiger partial charge in [0.2, 0.25) is 0 Å². The number of ether oxygens (including phenoxy) is 1. The Morgan fingerprint density at radius 3 is 2.56 bits per heavy atom. The summed E-state index contributed by atoms with van der Waals surface area (Å²) in [5.41, 5.74) is 0. The van der Waals surface area contributed by atoms with Crippen LogP contribution in [0.25, 0.3) is 0 Å². The molecule has 5 heteroatoms. The summed E-state index contributed by atoms with van der Waals surface area (Å²) in [4.78, 5) is 16.5. The van der Waals surface area contributed by atoms with Crippen LogP contribution in [-0.4, -0.2) is 22.6 Å². The Labute approximate surface area is 53.3 Å². The smallest absolute Gasteiger partial charge is 0.328 e. The van der Waals surface area contributed by atoms with Crippen LogP contribution in [0.3, 0.4) is 0 Å². The third-order valence-corrected chi connectivity index (χ3v) is 1.38. The molecule has 0 aromatic heterocycles. The van der Waals surface area contributed by atoms with E-state index in [-0.39, 0.29) is 12.8 Å². The monoisotopic (exact) mass is 152 g/mol. The molecule has 4 nitrogen and oxygen atoms in total. The number of hydrogen-bond acceptors (Lipinski definition) is 2. The van der Waals surface area contributed by atoms with Gasteiger partial charge in [0.15, 0.2) is 0 Å². The minimum atomic E-state index is -3.87. The van der Waals surface area contributed by atoms with Crippen molar-refractivity contribution in [1.29, 1.82) is 0 Å². The van der Waals surface area contributed by atoms with E-state index in [0.29, 0.717) is 0 Å². The first-order valence-electron chi connectivity index (χ1n) is 2.33. The fraction of sp³-hybridized carbons (Fsp3) is 0.500. The minimum Gasteiger partial charge on any atom is -0.501 e. The van der Waals surface area contributed by atoms with Crippen molar-refractivity contribution in [2.24, 2.45) is 0 Å². The highest BCUT2D eigenvalue weighted by molar-refractivity contribution is 7.51. The molecular weight excluding hydrogens is 143 g/mol. The molecule has 0 aliphatic heterocycles. The van der Waals surface area contributed by atoms with Crippen LogP contribution in [0.1, 0.15) is 0 Å². The Kier molecular flexibility index (Phi) is 3.54. The predicted molar refractivity (Wildman–Crippen MR) is 33.1 cm³/mol. The lowest BCUT2D eigenvalue weighted by molar-refractivity contribution is 0.261. The van der Waals surface area contributed by atoms with Gasteiger partial charge in [-0.25, -0.2) is 0 Å². The van der Waals surface area contributed by atoms with E-state index in [0.717, 1.165) is 6.26 Å². The first-order valence-corrected chi connectivity index (χ1v) is 4.13. The van der Waals surface area contributed by atoms with E-state index in [2.05, 4.69) is 11.3 Å². The molecule has 0 saturated heterocycles. The van der Waals surface area contributed by atoms with Gasteiger partial charge in [0.1, 0.15) is 0 Å². The van der Waals surface area contributed by atoms with Gasteiger partial charge < -0.3 is 14.5 Å². The molecule has 0 bridgehead atoms. The summed E-state index contributed by atoms with van der Waals surface area (Å²) >= 11 is 0. The molecule has 0 heterocycles. The fourth-order valence-electron chi connectivity index (χ4n) is 0.255. The van der Waals surface area contributed by atoms with Crippen molar-refractivity contribution in [3.8, 4) is 0 Å². The van der Waals surface area contributed by atoms with Crippen molar-refractivity contribution in [1.82, 2.24) is 0 Å². The second kappa shape index (κ2) is 3.67. The molecule has 9 heavy (non-hydrogen) atoms. The standard InChI is InChI=1S/C4H9O4P/c1-2-8-3-4-9(5,6)7/h2H,1,3-4H2,(H2,5,6,7). The predicted octanol–water partition coefficient (Wildman–Crippen LogP) is 0.324. The summed E-state index contributed by atoms with van der Waals surface area (Å²) in [5.74, 6) is 0. The molecule has 0 atom stereocenters. The largest absolute Gasteiger partial charge is 0.501 e. The quantitative estimate of drug-likeness (QED) is 0.346. The molecule has 0 aromatic carbocycles. The fourth-order valence-corrected chi connectivity index (χ4v) is 0.598. The van der Waals surface area contributed by atoms with Crippen LogP contribution in [0.15, 0.2) is 12.8 Å². The average Bonchev–Trinajstić information content (AvgIpc) is 1.63. The molecule has 0 saturated carbocycles. The number of rotatable bonds is 4. The maximum atomic E-state index is 10.1. The summed E-state index contributed by atoms with van der Waals surface area (Å²) in [6.07, 6.45) is 0.897. The molecule has 2 N–H and O–H groups in total. The zero-order valence-corrected chi connectivity index (χ0v) is 5.75. The van der Waals surface area contributed by atoms with Crippen LogP contribution in [0.5, 0.6) is 0 Å². The summed E-state index contributed by atoms with van der Waals surface area (Å²) in [5, 5.41) is 0. The highest BCUT2D eigenvalue weighted by Crippen LogP contribution is 2.33. The normalized spacial score (nSPS) is 10.9. The molecule has 0 aromatic rings. The third-order valence-electron chi connectivity index (χ3n) is 0.618. The maximum Gasteiger partial charge on any atom is 0.328 e. The van der Waals surface area contributed by atoms with Crippen LogP contribution in [-0.2, 0) is 9.30 Å². The molecule has 0 aliphatic carbocycles. The van der Waals surface area contributed by atoms with Gasteiger partial charge in [-0.15, -0.1) is 0 Å². The Bertz CT molecular complexity index is 127. The van der Waals surface area contributed by atoms with Crippen molar-refractivity contribution < 1.29 is 19.1 Å². The molecule has 0 aliphatic rings. The highest BCUT2D eigenvalue weighted by Gasteiger charge is 2.10. The van der Waals surface area contributed by atoms with Crippen molar-refractivity contribution in [2.45, 2.75) is 0 Å². The van der Waals surface area contributed by atoms with E-state index in [1.165, 1.54) is 0 Å². The Hall–Kier alpha value is -0.310. The summed E-state index contributed by atoms with van der Waals surface area (Å²) in [7, 11) is -3.87. The minimum absolute atomic E-state index is 0.0216. The molecule has 54 valence electrons. The highest BCUT2D eigenvalue weighted by atomic mass is 31.2. The first kappa shape index (κ1) is 8.69.